The zero-order valence-electron chi connectivity index (χ0n) is 19.5. The SMILES string of the molecule is CC(C(=O)NC(=O)NC12CC3CC(CC(C3)C1)C2)N1CCN(CC(=O)N2CCCC2)CC1. The number of piperazine rings is 1. The van der Waals surface area contributed by atoms with E-state index in [0.29, 0.717) is 6.54 Å². The minimum atomic E-state index is -0.353. The molecular formula is C24H39N5O3. The molecule has 0 aromatic rings. The lowest BCUT2D eigenvalue weighted by Crippen LogP contribution is -2.63. The summed E-state index contributed by atoms with van der Waals surface area (Å²) in [6, 6.07) is -0.674. The number of imide groups is 1. The predicted molar refractivity (Wildman–Crippen MR) is 121 cm³/mol. The van der Waals surface area contributed by atoms with Crippen molar-refractivity contribution < 1.29 is 14.4 Å². The normalized spacial score (nSPS) is 35.7. The summed E-state index contributed by atoms with van der Waals surface area (Å²) < 4.78 is 0. The molecule has 6 rings (SSSR count). The Morgan fingerprint density at radius 3 is 2.00 bits per heavy atom. The van der Waals surface area contributed by atoms with Crippen LogP contribution in [0.25, 0.3) is 0 Å². The smallest absolute Gasteiger partial charge is 0.321 e. The Hall–Kier alpha value is -1.67. The quantitative estimate of drug-likeness (QED) is 0.668. The standard InChI is InChI=1S/C24H39N5O3/c1-17(28-8-6-27(7-9-28)16-21(30)29-4-2-3-5-29)22(31)25-23(32)26-24-13-18-10-19(14-24)12-20(11-18)15-24/h17-20H,2-16H2,1H3,(H2,25,26,31,32). The zero-order chi connectivity index (χ0) is 22.3. The summed E-state index contributed by atoms with van der Waals surface area (Å²) in [5.41, 5.74) is -0.0874. The lowest BCUT2D eigenvalue weighted by Gasteiger charge is -2.56. The van der Waals surface area contributed by atoms with Gasteiger partial charge in [-0.1, -0.05) is 0 Å². The Labute approximate surface area is 191 Å². The van der Waals surface area contributed by atoms with Crippen LogP contribution in [-0.2, 0) is 9.59 Å². The first-order valence-corrected chi connectivity index (χ1v) is 12.8. The second kappa shape index (κ2) is 8.93. The van der Waals surface area contributed by atoms with Crippen molar-refractivity contribution in [2.75, 3.05) is 45.8 Å². The molecule has 2 aliphatic heterocycles. The van der Waals surface area contributed by atoms with E-state index in [4.69, 9.17) is 0 Å². The van der Waals surface area contributed by atoms with Gasteiger partial charge in [0.2, 0.25) is 11.8 Å². The van der Waals surface area contributed by atoms with E-state index in [2.05, 4.69) is 20.4 Å². The van der Waals surface area contributed by atoms with Gasteiger partial charge in [-0.05, 0) is 76.0 Å². The first-order valence-electron chi connectivity index (χ1n) is 12.8. The molecule has 2 saturated heterocycles. The van der Waals surface area contributed by atoms with E-state index >= 15 is 0 Å². The molecule has 8 nitrogen and oxygen atoms in total. The van der Waals surface area contributed by atoms with E-state index in [-0.39, 0.29) is 29.4 Å². The van der Waals surface area contributed by atoms with Gasteiger partial charge >= 0.3 is 6.03 Å². The van der Waals surface area contributed by atoms with Crippen LogP contribution in [0.15, 0.2) is 0 Å². The molecule has 4 saturated carbocycles. The fourth-order valence-electron chi connectivity index (χ4n) is 7.48. The molecule has 0 spiro atoms. The predicted octanol–water partition coefficient (Wildman–Crippen LogP) is 1.41. The maximum atomic E-state index is 12.8. The minimum absolute atomic E-state index is 0.0874. The molecule has 6 aliphatic rings. The van der Waals surface area contributed by atoms with Crippen molar-refractivity contribution in [3.05, 3.63) is 0 Å². The third-order valence-electron chi connectivity index (χ3n) is 8.81. The number of amides is 4. The average molecular weight is 446 g/mol. The second-order valence-corrected chi connectivity index (χ2v) is 11.2. The summed E-state index contributed by atoms with van der Waals surface area (Å²) in [6.45, 7) is 7.15. The maximum absolute atomic E-state index is 12.8. The van der Waals surface area contributed by atoms with Crippen molar-refractivity contribution in [3.63, 3.8) is 0 Å². The third-order valence-corrected chi connectivity index (χ3v) is 8.81. The van der Waals surface area contributed by atoms with Gasteiger partial charge in [-0.2, -0.15) is 0 Å². The molecular weight excluding hydrogens is 406 g/mol. The van der Waals surface area contributed by atoms with E-state index in [1.807, 2.05) is 11.8 Å². The lowest BCUT2D eigenvalue weighted by atomic mass is 9.53. The Morgan fingerprint density at radius 1 is 0.875 bits per heavy atom. The fourth-order valence-corrected chi connectivity index (χ4v) is 7.48. The van der Waals surface area contributed by atoms with Crippen molar-refractivity contribution in [2.45, 2.75) is 69.9 Å². The van der Waals surface area contributed by atoms with E-state index < -0.39 is 0 Å². The van der Waals surface area contributed by atoms with Gasteiger partial charge in [-0.25, -0.2) is 4.79 Å². The van der Waals surface area contributed by atoms with Crippen LogP contribution in [0.5, 0.6) is 0 Å². The first-order chi connectivity index (χ1) is 15.4. The molecule has 4 bridgehead atoms. The van der Waals surface area contributed by atoms with Crippen LogP contribution >= 0.6 is 0 Å². The van der Waals surface area contributed by atoms with Gasteiger partial charge in [-0.3, -0.25) is 24.7 Å². The first kappa shape index (κ1) is 22.1. The van der Waals surface area contributed by atoms with Gasteiger partial charge in [0.25, 0.3) is 0 Å². The van der Waals surface area contributed by atoms with Crippen molar-refractivity contribution in [3.8, 4) is 0 Å². The van der Waals surface area contributed by atoms with Gasteiger partial charge < -0.3 is 10.2 Å². The van der Waals surface area contributed by atoms with Crippen LogP contribution in [0.1, 0.15) is 58.3 Å². The Balaban J connectivity index is 1.06. The molecule has 0 radical (unpaired) electrons. The van der Waals surface area contributed by atoms with Gasteiger partial charge in [0.1, 0.15) is 0 Å². The number of hydrogen-bond donors (Lipinski definition) is 2. The topological polar surface area (TPSA) is 85.0 Å². The molecule has 0 aromatic carbocycles. The highest BCUT2D eigenvalue weighted by atomic mass is 16.2. The monoisotopic (exact) mass is 445 g/mol. The summed E-state index contributed by atoms with van der Waals surface area (Å²) in [4.78, 5) is 44.1. The molecule has 2 heterocycles. The van der Waals surface area contributed by atoms with Gasteiger partial charge in [0.05, 0.1) is 12.6 Å². The van der Waals surface area contributed by atoms with Crippen LogP contribution in [0.3, 0.4) is 0 Å². The van der Waals surface area contributed by atoms with Crippen molar-refractivity contribution >= 4 is 17.8 Å². The number of rotatable bonds is 5. The van der Waals surface area contributed by atoms with Crippen LogP contribution < -0.4 is 10.6 Å². The largest absolute Gasteiger partial charge is 0.342 e. The number of carbonyl (C=O) groups is 3. The van der Waals surface area contributed by atoms with E-state index in [1.54, 1.807) is 0 Å². The Morgan fingerprint density at radius 2 is 1.44 bits per heavy atom. The second-order valence-electron chi connectivity index (χ2n) is 11.2. The Bertz CT molecular complexity index is 707. The fraction of sp³-hybridized carbons (Fsp3) is 0.875. The number of urea groups is 1. The summed E-state index contributed by atoms with van der Waals surface area (Å²) in [5, 5.41) is 5.86. The zero-order valence-corrected chi connectivity index (χ0v) is 19.5. The van der Waals surface area contributed by atoms with Crippen LogP contribution in [-0.4, -0.2) is 89.9 Å². The van der Waals surface area contributed by atoms with Crippen molar-refractivity contribution in [1.29, 1.82) is 0 Å². The number of likely N-dealkylation sites (tertiary alicyclic amines) is 1. The van der Waals surface area contributed by atoms with E-state index in [0.717, 1.165) is 89.1 Å². The molecule has 8 heteroatoms. The number of hydrogen-bond acceptors (Lipinski definition) is 5. The lowest BCUT2D eigenvalue weighted by molar-refractivity contribution is -0.132. The summed E-state index contributed by atoms with van der Waals surface area (Å²) in [5.74, 6) is 2.26. The molecule has 178 valence electrons. The van der Waals surface area contributed by atoms with Crippen LogP contribution in [0, 0.1) is 17.8 Å². The van der Waals surface area contributed by atoms with E-state index in [1.165, 1.54) is 19.3 Å². The van der Waals surface area contributed by atoms with Crippen LogP contribution in [0.4, 0.5) is 4.79 Å². The minimum Gasteiger partial charge on any atom is -0.342 e. The van der Waals surface area contributed by atoms with Gasteiger partial charge in [0.15, 0.2) is 0 Å². The highest BCUT2D eigenvalue weighted by Crippen LogP contribution is 2.55. The average Bonchev–Trinajstić information content (AvgIpc) is 3.27. The van der Waals surface area contributed by atoms with E-state index in [9.17, 15) is 14.4 Å². The molecule has 6 fully saturated rings. The van der Waals surface area contributed by atoms with Gasteiger partial charge in [0, 0.05) is 44.8 Å². The molecule has 2 N–H and O–H groups in total. The number of nitrogens with zero attached hydrogens (tertiary/aromatic N) is 3. The summed E-state index contributed by atoms with van der Waals surface area (Å²) >= 11 is 0. The van der Waals surface area contributed by atoms with Crippen molar-refractivity contribution in [2.24, 2.45) is 17.8 Å². The molecule has 4 aliphatic carbocycles. The number of carbonyl (C=O) groups excluding carboxylic acids is 3. The highest BCUT2D eigenvalue weighted by Gasteiger charge is 2.51. The highest BCUT2D eigenvalue weighted by molar-refractivity contribution is 5.97. The third kappa shape index (κ3) is 4.67. The van der Waals surface area contributed by atoms with Gasteiger partial charge in [-0.15, -0.1) is 0 Å². The molecule has 0 aromatic heterocycles. The molecule has 32 heavy (non-hydrogen) atoms. The van der Waals surface area contributed by atoms with Crippen LogP contribution in [0.2, 0.25) is 0 Å². The maximum Gasteiger partial charge on any atom is 0.321 e. The molecule has 1 atom stereocenters. The summed E-state index contributed by atoms with van der Waals surface area (Å²) in [7, 11) is 0. The number of nitrogens with one attached hydrogen (secondary N) is 2. The molecule has 4 amide bonds. The molecule has 1 unspecified atom stereocenters. The van der Waals surface area contributed by atoms with Crippen molar-refractivity contribution in [1.82, 2.24) is 25.3 Å². The Kier molecular flexibility index (Phi) is 6.18. The summed E-state index contributed by atoms with van der Waals surface area (Å²) in [6.07, 6.45) is 9.44.